The Hall–Kier alpha value is -1.49. The van der Waals surface area contributed by atoms with E-state index in [1.54, 1.807) is 30.8 Å². The molecule has 1 rings (SSSR count). The van der Waals surface area contributed by atoms with E-state index in [1.165, 1.54) is 6.07 Å². The molecule has 1 aromatic carbocycles. The zero-order valence-corrected chi connectivity index (χ0v) is 12.8. The van der Waals surface area contributed by atoms with Crippen LogP contribution in [-0.2, 0) is 0 Å². The maximum atomic E-state index is 12.0. The molecule has 5 heteroatoms. The number of rotatable bonds is 8. The first-order chi connectivity index (χ1) is 9.45. The van der Waals surface area contributed by atoms with Crippen LogP contribution in [0.4, 0.5) is 0 Å². The van der Waals surface area contributed by atoms with Gasteiger partial charge in [0.05, 0.1) is 6.61 Å². The molecule has 110 valence electrons. The normalized spacial score (nSPS) is 10.6. The third-order valence-corrected chi connectivity index (χ3v) is 3.72. The van der Waals surface area contributed by atoms with Crippen LogP contribution in [0.5, 0.6) is 5.75 Å². The zero-order valence-electron chi connectivity index (χ0n) is 12.0. The number of aromatic carboxylic acids is 1. The molecule has 1 N–H and O–H groups in total. The Morgan fingerprint density at radius 3 is 2.60 bits per heavy atom. The molecule has 0 aliphatic heterocycles. The van der Waals surface area contributed by atoms with Crippen molar-refractivity contribution in [2.75, 3.05) is 12.4 Å². The lowest BCUT2D eigenvalue weighted by atomic mass is 10.0. The van der Waals surface area contributed by atoms with E-state index in [0.717, 1.165) is 5.75 Å². The van der Waals surface area contributed by atoms with Gasteiger partial charge in [0.2, 0.25) is 0 Å². The average Bonchev–Trinajstić information content (AvgIpc) is 2.38. The Bertz CT molecular complexity index is 483. The Balaban J connectivity index is 2.83. The summed E-state index contributed by atoms with van der Waals surface area (Å²) in [5.74, 6) is -0.0805. The van der Waals surface area contributed by atoms with E-state index in [-0.39, 0.29) is 11.3 Å². The molecule has 20 heavy (non-hydrogen) atoms. The first-order valence-corrected chi connectivity index (χ1v) is 7.65. The molecule has 0 saturated carbocycles. The molecule has 0 heterocycles. The van der Waals surface area contributed by atoms with E-state index in [1.807, 2.05) is 0 Å². The molecule has 0 aliphatic rings. The molecular formula is C15H20O4S. The number of carbonyl (C=O) groups is 2. The quantitative estimate of drug-likeness (QED) is 0.744. The molecule has 0 spiro atoms. The van der Waals surface area contributed by atoms with Gasteiger partial charge in [-0.3, -0.25) is 4.79 Å². The summed E-state index contributed by atoms with van der Waals surface area (Å²) in [7, 11) is 0. The fourth-order valence-electron chi connectivity index (χ4n) is 1.68. The van der Waals surface area contributed by atoms with E-state index in [0.29, 0.717) is 29.6 Å². The molecule has 0 aliphatic carbocycles. The third-order valence-electron chi connectivity index (χ3n) is 2.61. The lowest BCUT2D eigenvalue weighted by Gasteiger charge is -2.09. The summed E-state index contributed by atoms with van der Waals surface area (Å²) in [5.41, 5.74) is 0.462. The van der Waals surface area contributed by atoms with E-state index in [4.69, 9.17) is 9.84 Å². The summed E-state index contributed by atoms with van der Waals surface area (Å²) in [6, 6.07) is 4.57. The van der Waals surface area contributed by atoms with Crippen molar-refractivity contribution in [3.8, 4) is 5.75 Å². The van der Waals surface area contributed by atoms with E-state index < -0.39 is 5.97 Å². The van der Waals surface area contributed by atoms with Gasteiger partial charge >= 0.3 is 5.97 Å². The summed E-state index contributed by atoms with van der Waals surface area (Å²) in [5, 5.41) is 9.64. The van der Waals surface area contributed by atoms with Crippen LogP contribution in [-0.4, -0.2) is 34.5 Å². The van der Waals surface area contributed by atoms with Crippen molar-refractivity contribution >= 4 is 23.5 Å². The van der Waals surface area contributed by atoms with Crippen molar-refractivity contribution in [2.45, 2.75) is 32.4 Å². The first-order valence-electron chi connectivity index (χ1n) is 6.60. The van der Waals surface area contributed by atoms with Crippen LogP contribution < -0.4 is 4.74 Å². The van der Waals surface area contributed by atoms with Gasteiger partial charge in [0.15, 0.2) is 5.78 Å². The SMILES string of the molecule is CCOc1ccc(C(=O)CCSC(C)C)cc1C(=O)O. The van der Waals surface area contributed by atoms with Crippen molar-refractivity contribution in [3.63, 3.8) is 0 Å². The molecular weight excluding hydrogens is 276 g/mol. The predicted molar refractivity (Wildman–Crippen MR) is 81.1 cm³/mol. The summed E-state index contributed by atoms with van der Waals surface area (Å²) >= 11 is 1.71. The van der Waals surface area contributed by atoms with Crippen molar-refractivity contribution in [2.24, 2.45) is 0 Å². The second kappa shape index (κ2) is 7.94. The number of Topliss-reactive ketones (excluding diaryl/α,β-unsaturated/α-hetero) is 1. The number of ketones is 1. The minimum absolute atomic E-state index is 0.0363. The highest BCUT2D eigenvalue weighted by molar-refractivity contribution is 7.99. The van der Waals surface area contributed by atoms with Crippen molar-refractivity contribution in [3.05, 3.63) is 29.3 Å². The van der Waals surface area contributed by atoms with Crippen LogP contribution in [0.2, 0.25) is 0 Å². The monoisotopic (exact) mass is 296 g/mol. The highest BCUT2D eigenvalue weighted by Crippen LogP contribution is 2.22. The number of carboxylic acids is 1. The van der Waals surface area contributed by atoms with Crippen molar-refractivity contribution in [1.82, 2.24) is 0 Å². The Kier molecular flexibility index (Phi) is 6.58. The Labute approximate surface area is 123 Å². The van der Waals surface area contributed by atoms with Gasteiger partial charge in [0.1, 0.15) is 11.3 Å². The number of hydrogen-bond acceptors (Lipinski definition) is 4. The number of ether oxygens (including phenoxy) is 1. The van der Waals surface area contributed by atoms with Gasteiger partial charge in [-0.05, 0) is 30.4 Å². The van der Waals surface area contributed by atoms with Crippen LogP contribution >= 0.6 is 11.8 Å². The van der Waals surface area contributed by atoms with Gasteiger partial charge in [-0.15, -0.1) is 0 Å². The topological polar surface area (TPSA) is 63.6 Å². The molecule has 1 aromatic rings. The van der Waals surface area contributed by atoms with E-state index in [9.17, 15) is 9.59 Å². The minimum Gasteiger partial charge on any atom is -0.493 e. The second-order valence-electron chi connectivity index (χ2n) is 4.54. The zero-order chi connectivity index (χ0) is 15.1. The minimum atomic E-state index is -1.08. The lowest BCUT2D eigenvalue weighted by molar-refractivity contribution is 0.0692. The third kappa shape index (κ3) is 4.89. The number of hydrogen-bond donors (Lipinski definition) is 1. The largest absolute Gasteiger partial charge is 0.493 e. The number of benzene rings is 1. The summed E-state index contributed by atoms with van der Waals surface area (Å²) in [6.07, 6.45) is 0.413. The highest BCUT2D eigenvalue weighted by Gasteiger charge is 2.15. The molecule has 0 unspecified atom stereocenters. The molecule has 4 nitrogen and oxygen atoms in total. The first kappa shape index (κ1) is 16.6. The van der Waals surface area contributed by atoms with Crippen LogP contribution in [0.15, 0.2) is 18.2 Å². The Morgan fingerprint density at radius 2 is 2.05 bits per heavy atom. The maximum Gasteiger partial charge on any atom is 0.339 e. The molecule has 0 atom stereocenters. The summed E-state index contributed by atoms with van der Waals surface area (Å²) in [4.78, 5) is 23.2. The van der Waals surface area contributed by atoms with Crippen LogP contribution in [0.1, 0.15) is 47.9 Å². The molecule has 0 saturated heterocycles. The van der Waals surface area contributed by atoms with Crippen molar-refractivity contribution in [1.29, 1.82) is 0 Å². The second-order valence-corrected chi connectivity index (χ2v) is 6.23. The molecule has 0 amide bonds. The number of carbonyl (C=O) groups excluding carboxylic acids is 1. The molecule has 0 bridgehead atoms. The van der Waals surface area contributed by atoms with E-state index >= 15 is 0 Å². The van der Waals surface area contributed by atoms with Gasteiger partial charge in [-0.2, -0.15) is 11.8 Å². The molecule has 0 fully saturated rings. The van der Waals surface area contributed by atoms with Gasteiger partial charge < -0.3 is 9.84 Å². The summed E-state index contributed by atoms with van der Waals surface area (Å²) < 4.78 is 5.25. The highest BCUT2D eigenvalue weighted by atomic mass is 32.2. The molecule has 0 radical (unpaired) electrons. The standard InChI is InChI=1S/C15H20O4S/c1-4-19-14-6-5-11(9-12(14)15(17)18)13(16)7-8-20-10(2)3/h5-6,9-10H,4,7-8H2,1-3H3,(H,17,18). The lowest BCUT2D eigenvalue weighted by Crippen LogP contribution is -2.07. The molecule has 0 aromatic heterocycles. The maximum absolute atomic E-state index is 12.0. The fourth-order valence-corrected chi connectivity index (χ4v) is 2.46. The Morgan fingerprint density at radius 1 is 1.35 bits per heavy atom. The van der Waals surface area contributed by atoms with E-state index in [2.05, 4.69) is 13.8 Å². The predicted octanol–water partition coefficient (Wildman–Crippen LogP) is 3.50. The average molecular weight is 296 g/mol. The number of thioether (sulfide) groups is 1. The van der Waals surface area contributed by atoms with Crippen LogP contribution in [0.3, 0.4) is 0 Å². The van der Waals surface area contributed by atoms with Crippen molar-refractivity contribution < 1.29 is 19.4 Å². The van der Waals surface area contributed by atoms with Gasteiger partial charge in [0, 0.05) is 17.7 Å². The number of carboxylic acid groups (broad SMARTS) is 1. The smallest absolute Gasteiger partial charge is 0.339 e. The fraction of sp³-hybridized carbons (Fsp3) is 0.467. The summed E-state index contributed by atoms with van der Waals surface area (Å²) in [6.45, 7) is 6.33. The van der Waals surface area contributed by atoms with Crippen LogP contribution in [0, 0.1) is 0 Å². The van der Waals surface area contributed by atoms with Gasteiger partial charge in [0.25, 0.3) is 0 Å². The van der Waals surface area contributed by atoms with Gasteiger partial charge in [-0.1, -0.05) is 13.8 Å². The van der Waals surface area contributed by atoms with Crippen LogP contribution in [0.25, 0.3) is 0 Å². The van der Waals surface area contributed by atoms with Gasteiger partial charge in [-0.25, -0.2) is 4.79 Å².